The number of rotatable bonds is 5. The maximum absolute atomic E-state index is 11.8. The second-order valence-electron chi connectivity index (χ2n) is 6.30. The van der Waals surface area contributed by atoms with E-state index in [1.54, 1.807) is 18.3 Å². The zero-order valence-corrected chi connectivity index (χ0v) is 16.0. The summed E-state index contributed by atoms with van der Waals surface area (Å²) >= 11 is 5.92. The molecule has 0 aliphatic heterocycles. The Morgan fingerprint density at radius 3 is 2.59 bits per heavy atom. The van der Waals surface area contributed by atoms with Gasteiger partial charge in [-0.2, -0.15) is 0 Å². The third kappa shape index (κ3) is 3.89. The van der Waals surface area contributed by atoms with Gasteiger partial charge in [-0.1, -0.05) is 23.7 Å². The van der Waals surface area contributed by atoms with Gasteiger partial charge in [0.15, 0.2) is 15.6 Å². The topological polar surface area (TPSA) is 78.0 Å². The maximum Gasteiger partial charge on any atom is 0.214 e. The second kappa shape index (κ2) is 6.83. The van der Waals surface area contributed by atoms with Crippen molar-refractivity contribution in [2.24, 2.45) is 0 Å². The van der Waals surface area contributed by atoms with Crippen LogP contribution in [-0.4, -0.2) is 29.2 Å². The van der Waals surface area contributed by atoms with Crippen molar-refractivity contribution in [2.75, 3.05) is 6.26 Å². The highest BCUT2D eigenvalue weighted by atomic mass is 35.5. The van der Waals surface area contributed by atoms with Crippen LogP contribution < -0.4 is 0 Å². The fourth-order valence-corrected chi connectivity index (χ4v) is 3.73. The minimum absolute atomic E-state index is 0.146. The molecule has 0 atom stereocenters. The molecule has 4 rings (SSSR count). The summed E-state index contributed by atoms with van der Waals surface area (Å²) in [4.78, 5) is 8.81. The smallest absolute Gasteiger partial charge is 0.214 e. The molecule has 0 N–H and O–H groups in total. The molecule has 2 heterocycles. The third-order valence-electron chi connectivity index (χ3n) is 4.10. The van der Waals surface area contributed by atoms with Crippen molar-refractivity contribution in [1.82, 2.24) is 14.5 Å². The first-order chi connectivity index (χ1) is 12.9. The summed E-state index contributed by atoms with van der Waals surface area (Å²) in [6.45, 7) is 0.291. The molecule has 138 valence electrons. The van der Waals surface area contributed by atoms with Gasteiger partial charge >= 0.3 is 0 Å². The van der Waals surface area contributed by atoms with Crippen molar-refractivity contribution in [1.29, 1.82) is 0 Å². The Balaban J connectivity index is 1.71. The summed E-state index contributed by atoms with van der Waals surface area (Å²) in [5.41, 5.74) is 2.44. The molecule has 0 aliphatic rings. The zero-order chi connectivity index (χ0) is 19.0. The first-order valence-electron chi connectivity index (χ1n) is 8.21. The summed E-state index contributed by atoms with van der Waals surface area (Å²) in [6, 6.07) is 14.8. The Morgan fingerprint density at radius 2 is 1.85 bits per heavy atom. The number of hydrogen-bond acceptors (Lipinski definition) is 5. The van der Waals surface area contributed by atoms with E-state index in [1.807, 2.05) is 41.0 Å². The van der Waals surface area contributed by atoms with Crippen LogP contribution in [-0.2, 0) is 22.1 Å². The standard InChI is InChI=1S/C19H16ClN3O3S/c1-27(24,25)12-18-22-15-4-2-3-5-16(15)23(18)11-19-21-10-17(26-19)13-6-8-14(20)9-7-13/h2-10H,11-12H2,1H3. The Labute approximate surface area is 161 Å². The average molecular weight is 402 g/mol. The zero-order valence-electron chi connectivity index (χ0n) is 14.5. The quantitative estimate of drug-likeness (QED) is 0.506. The van der Waals surface area contributed by atoms with E-state index in [0.29, 0.717) is 29.0 Å². The lowest BCUT2D eigenvalue weighted by Gasteiger charge is -2.06. The number of nitrogens with zero attached hydrogens (tertiary/aromatic N) is 3. The van der Waals surface area contributed by atoms with Gasteiger partial charge < -0.3 is 8.98 Å². The number of imidazole rings is 1. The monoisotopic (exact) mass is 401 g/mol. The summed E-state index contributed by atoms with van der Waals surface area (Å²) in [5, 5.41) is 0.647. The minimum Gasteiger partial charge on any atom is -0.439 e. The first-order valence-corrected chi connectivity index (χ1v) is 10.7. The van der Waals surface area contributed by atoms with E-state index in [4.69, 9.17) is 16.0 Å². The third-order valence-corrected chi connectivity index (χ3v) is 5.14. The largest absolute Gasteiger partial charge is 0.439 e. The molecular weight excluding hydrogens is 386 g/mol. The lowest BCUT2D eigenvalue weighted by molar-refractivity contribution is 0.488. The molecule has 0 saturated carbocycles. The van der Waals surface area contributed by atoms with E-state index in [-0.39, 0.29) is 5.75 Å². The SMILES string of the molecule is CS(=O)(=O)Cc1nc2ccccc2n1Cc1ncc(-c2ccc(Cl)cc2)o1. The molecule has 0 unspecified atom stereocenters. The van der Waals surface area contributed by atoms with Crippen LogP contribution in [0.4, 0.5) is 0 Å². The number of halogens is 1. The van der Waals surface area contributed by atoms with Gasteiger partial charge in [-0.05, 0) is 36.4 Å². The molecule has 4 aromatic rings. The van der Waals surface area contributed by atoms with Crippen LogP contribution in [0.1, 0.15) is 11.7 Å². The summed E-state index contributed by atoms with van der Waals surface area (Å²) in [7, 11) is -3.23. The molecule has 2 aromatic heterocycles. The van der Waals surface area contributed by atoms with Crippen molar-refractivity contribution in [3.63, 3.8) is 0 Å². The van der Waals surface area contributed by atoms with E-state index in [1.165, 1.54) is 6.26 Å². The van der Waals surface area contributed by atoms with Gasteiger partial charge in [-0.3, -0.25) is 0 Å². The Kier molecular flexibility index (Phi) is 4.49. The van der Waals surface area contributed by atoms with Crippen molar-refractivity contribution >= 4 is 32.5 Å². The molecule has 6 nitrogen and oxygen atoms in total. The molecule has 0 fully saturated rings. The second-order valence-corrected chi connectivity index (χ2v) is 8.87. The summed E-state index contributed by atoms with van der Waals surface area (Å²) in [5.74, 6) is 1.41. The van der Waals surface area contributed by atoms with Crippen molar-refractivity contribution < 1.29 is 12.8 Å². The van der Waals surface area contributed by atoms with Crippen LogP contribution in [0.15, 0.2) is 59.1 Å². The van der Waals surface area contributed by atoms with Gasteiger partial charge in [0.05, 0.1) is 17.2 Å². The summed E-state index contributed by atoms with van der Waals surface area (Å²) < 4.78 is 31.3. The minimum atomic E-state index is -3.23. The number of benzene rings is 2. The molecule has 2 aromatic carbocycles. The highest BCUT2D eigenvalue weighted by Gasteiger charge is 2.17. The molecule has 0 bridgehead atoms. The van der Waals surface area contributed by atoms with Crippen molar-refractivity contribution in [3.05, 3.63) is 71.5 Å². The average Bonchev–Trinajstić information content (AvgIpc) is 3.20. The Morgan fingerprint density at radius 1 is 1.11 bits per heavy atom. The van der Waals surface area contributed by atoms with E-state index in [2.05, 4.69) is 9.97 Å². The predicted octanol–water partition coefficient (Wildman–Crippen LogP) is 3.94. The van der Waals surface area contributed by atoms with E-state index in [9.17, 15) is 8.42 Å². The van der Waals surface area contributed by atoms with Crippen LogP contribution in [0.2, 0.25) is 5.02 Å². The fourth-order valence-electron chi connectivity index (χ4n) is 2.91. The number of sulfone groups is 1. The fraction of sp³-hybridized carbons (Fsp3) is 0.158. The number of aromatic nitrogens is 3. The molecule has 0 radical (unpaired) electrons. The van der Waals surface area contributed by atoms with Crippen molar-refractivity contribution in [2.45, 2.75) is 12.3 Å². The van der Waals surface area contributed by atoms with Crippen LogP contribution >= 0.6 is 11.6 Å². The van der Waals surface area contributed by atoms with Crippen LogP contribution in [0.5, 0.6) is 0 Å². The predicted molar refractivity (Wildman–Crippen MR) is 104 cm³/mol. The van der Waals surface area contributed by atoms with Gasteiger partial charge in [0, 0.05) is 16.8 Å². The van der Waals surface area contributed by atoms with E-state index < -0.39 is 9.84 Å². The molecule has 27 heavy (non-hydrogen) atoms. The number of para-hydroxylation sites is 2. The highest BCUT2D eigenvalue weighted by Crippen LogP contribution is 2.24. The number of hydrogen-bond donors (Lipinski definition) is 0. The maximum atomic E-state index is 11.8. The van der Waals surface area contributed by atoms with E-state index >= 15 is 0 Å². The van der Waals surface area contributed by atoms with Crippen LogP contribution in [0.3, 0.4) is 0 Å². The molecule has 0 spiro atoms. The van der Waals surface area contributed by atoms with Crippen molar-refractivity contribution in [3.8, 4) is 11.3 Å². The van der Waals surface area contributed by atoms with E-state index in [0.717, 1.165) is 16.6 Å². The molecule has 0 aliphatic carbocycles. The van der Waals surface area contributed by atoms with Crippen LogP contribution in [0.25, 0.3) is 22.4 Å². The highest BCUT2D eigenvalue weighted by molar-refractivity contribution is 7.89. The normalized spacial score (nSPS) is 11.9. The molecule has 8 heteroatoms. The number of fused-ring (bicyclic) bond motifs is 1. The van der Waals surface area contributed by atoms with Crippen LogP contribution in [0, 0.1) is 0 Å². The Hall–Kier alpha value is -2.64. The van der Waals surface area contributed by atoms with Gasteiger partial charge in [0.2, 0.25) is 5.89 Å². The molecule has 0 amide bonds. The van der Waals surface area contributed by atoms with Gasteiger partial charge in [0.1, 0.15) is 18.1 Å². The summed E-state index contributed by atoms with van der Waals surface area (Å²) in [6.07, 6.45) is 2.84. The number of oxazole rings is 1. The Bertz CT molecular complexity index is 1210. The molecule has 0 saturated heterocycles. The van der Waals surface area contributed by atoms with Gasteiger partial charge in [-0.15, -0.1) is 0 Å². The van der Waals surface area contributed by atoms with Gasteiger partial charge in [0.25, 0.3) is 0 Å². The lowest BCUT2D eigenvalue weighted by Crippen LogP contribution is -2.10. The molecular formula is C19H16ClN3O3S. The van der Waals surface area contributed by atoms with Gasteiger partial charge in [-0.25, -0.2) is 18.4 Å². The first kappa shape index (κ1) is 17.8. The lowest BCUT2D eigenvalue weighted by atomic mass is 10.2.